The molecule has 18 heavy (non-hydrogen) atoms. The summed E-state index contributed by atoms with van der Waals surface area (Å²) in [5, 5.41) is 0. The summed E-state index contributed by atoms with van der Waals surface area (Å²) < 4.78 is 25.6. The van der Waals surface area contributed by atoms with Gasteiger partial charge in [-0.25, -0.2) is 8.42 Å². The van der Waals surface area contributed by atoms with Crippen LogP contribution in [-0.4, -0.2) is 31.7 Å². The number of anilines is 1. The molecule has 7 heteroatoms. The van der Waals surface area contributed by atoms with Crippen LogP contribution in [0.25, 0.3) is 0 Å². The van der Waals surface area contributed by atoms with Gasteiger partial charge in [-0.3, -0.25) is 4.79 Å². The third-order valence-corrected chi connectivity index (χ3v) is 4.79. The Hall–Kier alpha value is -1.60. The predicted octanol–water partition coefficient (Wildman–Crippen LogP) is 0.397. The zero-order valence-electron chi connectivity index (χ0n) is 10.5. The number of hydrogen-bond acceptors (Lipinski definition) is 4. The summed E-state index contributed by atoms with van der Waals surface area (Å²) in [4.78, 5) is 10.9. The van der Waals surface area contributed by atoms with E-state index in [0.29, 0.717) is 0 Å². The van der Waals surface area contributed by atoms with Gasteiger partial charge in [-0.15, -0.1) is 0 Å². The molecular formula is C11H17N3O3S. The van der Waals surface area contributed by atoms with Crippen molar-refractivity contribution in [2.45, 2.75) is 24.8 Å². The average Bonchev–Trinajstić information content (AvgIpc) is 2.27. The Bertz CT molecular complexity index is 567. The second kappa shape index (κ2) is 4.95. The van der Waals surface area contributed by atoms with Crippen LogP contribution in [0.15, 0.2) is 23.1 Å². The quantitative estimate of drug-likeness (QED) is 0.773. The Morgan fingerprint density at radius 3 is 2.28 bits per heavy atom. The van der Waals surface area contributed by atoms with Crippen LogP contribution in [0.2, 0.25) is 0 Å². The highest BCUT2D eigenvalue weighted by atomic mass is 32.2. The predicted molar refractivity (Wildman–Crippen MR) is 69.5 cm³/mol. The maximum atomic E-state index is 12.2. The lowest BCUT2D eigenvalue weighted by molar-refractivity contribution is 0.1000. The number of hydrogen-bond donors (Lipinski definition) is 2. The average molecular weight is 271 g/mol. The Balaban J connectivity index is 3.31. The molecule has 0 aromatic heterocycles. The monoisotopic (exact) mass is 271 g/mol. The number of carbonyl (C=O) groups excluding carboxylic acids is 1. The van der Waals surface area contributed by atoms with E-state index in [1.807, 2.05) is 0 Å². The highest BCUT2D eigenvalue weighted by Gasteiger charge is 2.25. The van der Waals surface area contributed by atoms with Crippen molar-refractivity contribution in [2.24, 2.45) is 5.73 Å². The summed E-state index contributed by atoms with van der Waals surface area (Å²) in [5.41, 5.74) is 11.0. The second-order valence-electron chi connectivity index (χ2n) is 4.23. The highest BCUT2D eigenvalue weighted by molar-refractivity contribution is 7.89. The van der Waals surface area contributed by atoms with Crippen molar-refractivity contribution in [3.8, 4) is 0 Å². The van der Waals surface area contributed by atoms with Crippen molar-refractivity contribution in [1.29, 1.82) is 0 Å². The van der Waals surface area contributed by atoms with Gasteiger partial charge in [0.25, 0.3) is 0 Å². The van der Waals surface area contributed by atoms with E-state index in [2.05, 4.69) is 0 Å². The first kappa shape index (κ1) is 14.5. The summed E-state index contributed by atoms with van der Waals surface area (Å²) in [5.74, 6) is -0.650. The van der Waals surface area contributed by atoms with Gasteiger partial charge in [0.15, 0.2) is 0 Å². The van der Waals surface area contributed by atoms with Gasteiger partial charge in [-0.05, 0) is 32.0 Å². The van der Waals surface area contributed by atoms with Crippen LogP contribution in [0.4, 0.5) is 5.69 Å². The molecule has 6 nitrogen and oxygen atoms in total. The molecule has 1 rings (SSSR count). The molecule has 0 fully saturated rings. The van der Waals surface area contributed by atoms with E-state index in [9.17, 15) is 13.2 Å². The minimum atomic E-state index is -3.66. The van der Waals surface area contributed by atoms with E-state index in [1.165, 1.54) is 29.6 Å². The fraction of sp³-hybridized carbons (Fsp3) is 0.364. The van der Waals surface area contributed by atoms with E-state index in [1.54, 1.807) is 13.8 Å². The van der Waals surface area contributed by atoms with Crippen LogP contribution in [0.5, 0.6) is 0 Å². The molecule has 0 radical (unpaired) electrons. The fourth-order valence-electron chi connectivity index (χ4n) is 1.37. The van der Waals surface area contributed by atoms with E-state index in [4.69, 9.17) is 11.5 Å². The Morgan fingerprint density at radius 1 is 1.33 bits per heavy atom. The van der Waals surface area contributed by atoms with Crippen LogP contribution in [-0.2, 0) is 10.0 Å². The van der Waals surface area contributed by atoms with Gasteiger partial charge in [0.05, 0.1) is 5.69 Å². The molecule has 0 atom stereocenters. The number of sulfonamides is 1. The topological polar surface area (TPSA) is 106 Å². The van der Waals surface area contributed by atoms with Gasteiger partial charge < -0.3 is 11.5 Å². The Kier molecular flexibility index (Phi) is 3.98. The third kappa shape index (κ3) is 2.62. The van der Waals surface area contributed by atoms with Crippen molar-refractivity contribution in [3.63, 3.8) is 0 Å². The summed E-state index contributed by atoms with van der Waals surface area (Å²) in [6.45, 7) is 3.51. The van der Waals surface area contributed by atoms with Crippen molar-refractivity contribution in [3.05, 3.63) is 23.8 Å². The number of primary amides is 1. The van der Waals surface area contributed by atoms with Gasteiger partial charge in [0, 0.05) is 18.7 Å². The molecule has 0 saturated heterocycles. The maximum absolute atomic E-state index is 12.2. The van der Waals surface area contributed by atoms with Crippen LogP contribution in [0, 0.1) is 0 Å². The zero-order valence-corrected chi connectivity index (χ0v) is 11.4. The van der Waals surface area contributed by atoms with Crippen LogP contribution in [0.1, 0.15) is 24.2 Å². The lowest BCUT2D eigenvalue weighted by atomic mass is 10.2. The number of nitrogens with zero attached hydrogens (tertiary/aromatic N) is 1. The van der Waals surface area contributed by atoms with Gasteiger partial charge in [-0.2, -0.15) is 4.31 Å². The highest BCUT2D eigenvalue weighted by Crippen LogP contribution is 2.23. The van der Waals surface area contributed by atoms with E-state index in [0.717, 1.165) is 0 Å². The lowest BCUT2D eigenvalue weighted by Crippen LogP contribution is -2.33. The van der Waals surface area contributed by atoms with Gasteiger partial charge in [-0.1, -0.05) is 0 Å². The number of amides is 1. The minimum Gasteiger partial charge on any atom is -0.398 e. The summed E-state index contributed by atoms with van der Waals surface area (Å²) >= 11 is 0. The number of carbonyl (C=O) groups is 1. The molecule has 1 amide bonds. The molecule has 0 saturated carbocycles. The smallest absolute Gasteiger partial charge is 0.248 e. The van der Waals surface area contributed by atoms with E-state index in [-0.39, 0.29) is 22.2 Å². The normalized spacial score (nSPS) is 12.1. The van der Waals surface area contributed by atoms with Gasteiger partial charge in [0.2, 0.25) is 15.9 Å². The van der Waals surface area contributed by atoms with Crippen molar-refractivity contribution >= 4 is 21.6 Å². The van der Waals surface area contributed by atoms with Gasteiger partial charge in [0.1, 0.15) is 4.90 Å². The molecule has 1 aromatic rings. The number of rotatable bonds is 4. The first-order valence-electron chi connectivity index (χ1n) is 5.35. The maximum Gasteiger partial charge on any atom is 0.248 e. The van der Waals surface area contributed by atoms with Crippen LogP contribution < -0.4 is 11.5 Å². The van der Waals surface area contributed by atoms with Crippen molar-refractivity contribution < 1.29 is 13.2 Å². The zero-order chi connectivity index (χ0) is 14.1. The fourth-order valence-corrected chi connectivity index (χ4v) is 2.83. The Labute approximate surface area is 107 Å². The number of nitrogens with two attached hydrogens (primary N) is 2. The summed E-state index contributed by atoms with van der Waals surface area (Å²) in [6.07, 6.45) is 0. The molecule has 0 heterocycles. The molecule has 0 aliphatic heterocycles. The third-order valence-electron chi connectivity index (χ3n) is 2.68. The minimum absolute atomic E-state index is 0.0128. The van der Waals surface area contributed by atoms with Crippen LogP contribution in [0.3, 0.4) is 0 Å². The molecule has 100 valence electrons. The summed E-state index contributed by atoms with van der Waals surface area (Å²) in [7, 11) is -2.18. The molecule has 1 aromatic carbocycles. The summed E-state index contributed by atoms with van der Waals surface area (Å²) in [6, 6.07) is 3.72. The standard InChI is InChI=1S/C11H17N3O3S/c1-7(2)14(3)18(16,17)10-5-4-8(11(13)15)6-9(10)12/h4-7H,12H2,1-3H3,(H2,13,15). The Morgan fingerprint density at radius 2 is 1.89 bits per heavy atom. The van der Waals surface area contributed by atoms with E-state index < -0.39 is 15.9 Å². The largest absolute Gasteiger partial charge is 0.398 e. The van der Waals surface area contributed by atoms with Crippen LogP contribution >= 0.6 is 0 Å². The lowest BCUT2D eigenvalue weighted by Gasteiger charge is -2.21. The number of nitrogen functional groups attached to an aromatic ring is 1. The SMILES string of the molecule is CC(C)N(C)S(=O)(=O)c1ccc(C(N)=O)cc1N. The molecule has 4 N–H and O–H groups in total. The molecule has 0 spiro atoms. The van der Waals surface area contributed by atoms with Crippen molar-refractivity contribution in [1.82, 2.24) is 4.31 Å². The van der Waals surface area contributed by atoms with E-state index >= 15 is 0 Å². The molecule has 0 aliphatic carbocycles. The first-order chi connectivity index (χ1) is 8.17. The number of benzene rings is 1. The molecular weight excluding hydrogens is 254 g/mol. The first-order valence-corrected chi connectivity index (χ1v) is 6.79. The molecule has 0 bridgehead atoms. The molecule has 0 unspecified atom stereocenters. The second-order valence-corrected chi connectivity index (χ2v) is 6.20. The van der Waals surface area contributed by atoms with Crippen molar-refractivity contribution in [2.75, 3.05) is 12.8 Å². The molecule has 0 aliphatic rings. The van der Waals surface area contributed by atoms with Gasteiger partial charge >= 0.3 is 0 Å².